The summed E-state index contributed by atoms with van der Waals surface area (Å²) in [5.41, 5.74) is 7.58. The van der Waals surface area contributed by atoms with E-state index in [9.17, 15) is 0 Å². The zero-order valence-electron chi connectivity index (χ0n) is 11.6. The SMILES string of the molecule is C=C(/C=C(\C)c1ccccc1C)C(C)=C(C)C. The lowest BCUT2D eigenvalue weighted by molar-refractivity contribution is 1.26. The molecule has 1 aromatic rings. The molecule has 0 spiro atoms. The van der Waals surface area contributed by atoms with Crippen LogP contribution in [0.5, 0.6) is 0 Å². The number of benzene rings is 1. The van der Waals surface area contributed by atoms with E-state index >= 15 is 0 Å². The first kappa shape index (κ1) is 13.5. The Morgan fingerprint density at radius 2 is 1.65 bits per heavy atom. The van der Waals surface area contributed by atoms with Gasteiger partial charge in [-0.25, -0.2) is 0 Å². The van der Waals surface area contributed by atoms with Gasteiger partial charge in [0.1, 0.15) is 0 Å². The Bertz CT molecular complexity index is 481. The summed E-state index contributed by atoms with van der Waals surface area (Å²) < 4.78 is 0. The van der Waals surface area contributed by atoms with Crippen LogP contribution in [0.1, 0.15) is 38.8 Å². The van der Waals surface area contributed by atoms with E-state index < -0.39 is 0 Å². The van der Waals surface area contributed by atoms with Gasteiger partial charge in [-0.1, -0.05) is 42.5 Å². The minimum absolute atomic E-state index is 1.10. The fraction of sp³-hybridized carbons (Fsp3) is 0.294. The van der Waals surface area contributed by atoms with Crippen molar-refractivity contribution in [1.82, 2.24) is 0 Å². The zero-order chi connectivity index (χ0) is 13.0. The van der Waals surface area contributed by atoms with Crippen molar-refractivity contribution in [3.63, 3.8) is 0 Å². The zero-order valence-corrected chi connectivity index (χ0v) is 11.6. The minimum Gasteiger partial charge on any atom is -0.0915 e. The van der Waals surface area contributed by atoms with Crippen molar-refractivity contribution in [3.05, 3.63) is 64.8 Å². The van der Waals surface area contributed by atoms with Gasteiger partial charge in [-0.2, -0.15) is 0 Å². The maximum Gasteiger partial charge on any atom is -0.0198 e. The molecule has 0 bridgehead atoms. The Labute approximate surface area is 105 Å². The first-order chi connectivity index (χ1) is 7.93. The van der Waals surface area contributed by atoms with E-state index in [1.54, 1.807) is 0 Å². The lowest BCUT2D eigenvalue weighted by atomic mass is 9.97. The minimum atomic E-state index is 1.10. The van der Waals surface area contributed by atoms with Crippen LogP contribution in [0.4, 0.5) is 0 Å². The molecule has 0 heteroatoms. The average Bonchev–Trinajstić information content (AvgIpc) is 2.28. The number of hydrogen-bond donors (Lipinski definition) is 0. The second-order valence-electron chi connectivity index (χ2n) is 4.79. The van der Waals surface area contributed by atoms with Crippen LogP contribution in [0, 0.1) is 6.92 Å². The third kappa shape index (κ3) is 3.45. The molecular formula is C17H22. The van der Waals surface area contributed by atoms with Crippen LogP contribution in [0.25, 0.3) is 5.57 Å². The fourth-order valence-corrected chi connectivity index (χ4v) is 1.78. The Kier molecular flexibility index (Phi) is 4.51. The summed E-state index contributed by atoms with van der Waals surface area (Å²) >= 11 is 0. The quantitative estimate of drug-likeness (QED) is 0.613. The molecule has 0 heterocycles. The van der Waals surface area contributed by atoms with E-state index in [1.165, 1.54) is 27.8 Å². The van der Waals surface area contributed by atoms with Gasteiger partial charge < -0.3 is 0 Å². The molecule has 1 rings (SSSR count). The summed E-state index contributed by atoms with van der Waals surface area (Å²) in [6.07, 6.45) is 2.17. The third-order valence-corrected chi connectivity index (χ3v) is 3.19. The highest BCUT2D eigenvalue weighted by molar-refractivity contribution is 5.70. The normalized spacial score (nSPS) is 11.2. The molecule has 1 aromatic carbocycles. The van der Waals surface area contributed by atoms with Gasteiger partial charge in [0.15, 0.2) is 0 Å². The van der Waals surface area contributed by atoms with Crippen LogP contribution in [-0.4, -0.2) is 0 Å². The van der Waals surface area contributed by atoms with Crippen molar-refractivity contribution in [2.75, 3.05) is 0 Å². The number of hydrogen-bond acceptors (Lipinski definition) is 0. The molecule has 0 aliphatic carbocycles. The van der Waals surface area contributed by atoms with Crippen molar-refractivity contribution < 1.29 is 0 Å². The molecule has 0 atom stereocenters. The molecule has 0 N–H and O–H groups in total. The molecule has 0 saturated heterocycles. The predicted octanol–water partition coefficient (Wildman–Crippen LogP) is 5.31. The third-order valence-electron chi connectivity index (χ3n) is 3.19. The van der Waals surface area contributed by atoms with Gasteiger partial charge >= 0.3 is 0 Å². The summed E-state index contributed by atoms with van der Waals surface area (Å²) in [5, 5.41) is 0. The molecule has 90 valence electrons. The highest BCUT2D eigenvalue weighted by Gasteiger charge is 2.01. The van der Waals surface area contributed by atoms with E-state index in [2.05, 4.69) is 71.5 Å². The summed E-state index contributed by atoms with van der Waals surface area (Å²) in [6, 6.07) is 8.45. The molecule has 0 aromatic heterocycles. The molecular weight excluding hydrogens is 204 g/mol. The van der Waals surface area contributed by atoms with E-state index in [0.29, 0.717) is 0 Å². The van der Waals surface area contributed by atoms with Crippen LogP contribution in [-0.2, 0) is 0 Å². The van der Waals surface area contributed by atoms with Crippen LogP contribution >= 0.6 is 0 Å². The summed E-state index contributed by atoms with van der Waals surface area (Å²) in [7, 11) is 0. The topological polar surface area (TPSA) is 0 Å². The van der Waals surface area contributed by atoms with Crippen molar-refractivity contribution in [2.24, 2.45) is 0 Å². The molecule has 0 amide bonds. The second-order valence-corrected chi connectivity index (χ2v) is 4.79. The average molecular weight is 226 g/mol. The van der Waals surface area contributed by atoms with Crippen LogP contribution in [0.3, 0.4) is 0 Å². The van der Waals surface area contributed by atoms with E-state index in [1.807, 2.05) is 0 Å². The van der Waals surface area contributed by atoms with E-state index in [4.69, 9.17) is 0 Å². The fourth-order valence-electron chi connectivity index (χ4n) is 1.78. The van der Waals surface area contributed by atoms with Gasteiger partial charge in [-0.05, 0) is 62.5 Å². The Morgan fingerprint density at radius 1 is 1.06 bits per heavy atom. The van der Waals surface area contributed by atoms with Gasteiger partial charge in [0, 0.05) is 0 Å². The van der Waals surface area contributed by atoms with Crippen molar-refractivity contribution in [1.29, 1.82) is 0 Å². The van der Waals surface area contributed by atoms with Crippen LogP contribution in [0.15, 0.2) is 53.6 Å². The molecule has 0 aliphatic rings. The number of aryl methyl sites for hydroxylation is 1. The lowest BCUT2D eigenvalue weighted by Crippen LogP contribution is -1.88. The Hall–Kier alpha value is -1.56. The standard InChI is InChI=1S/C17H22/c1-12(2)16(6)14(4)11-15(5)17-10-8-7-9-13(17)3/h7-11H,4H2,1-3,5-6H3/b15-11+. The Morgan fingerprint density at radius 3 is 2.18 bits per heavy atom. The molecule has 0 nitrogen and oxygen atoms in total. The van der Waals surface area contributed by atoms with E-state index in [0.717, 1.165) is 5.57 Å². The first-order valence-electron chi connectivity index (χ1n) is 6.01. The highest BCUT2D eigenvalue weighted by atomic mass is 14.1. The van der Waals surface area contributed by atoms with Crippen LogP contribution in [0.2, 0.25) is 0 Å². The number of allylic oxidation sites excluding steroid dienone is 5. The van der Waals surface area contributed by atoms with Gasteiger partial charge in [-0.15, -0.1) is 0 Å². The van der Waals surface area contributed by atoms with Crippen molar-refractivity contribution in [3.8, 4) is 0 Å². The van der Waals surface area contributed by atoms with E-state index in [-0.39, 0.29) is 0 Å². The first-order valence-corrected chi connectivity index (χ1v) is 6.01. The highest BCUT2D eigenvalue weighted by Crippen LogP contribution is 2.22. The molecule has 0 fully saturated rings. The van der Waals surface area contributed by atoms with Gasteiger partial charge in [0.2, 0.25) is 0 Å². The summed E-state index contributed by atoms with van der Waals surface area (Å²) in [5.74, 6) is 0. The van der Waals surface area contributed by atoms with Crippen LogP contribution < -0.4 is 0 Å². The van der Waals surface area contributed by atoms with Gasteiger partial charge in [-0.3, -0.25) is 0 Å². The molecule has 0 aliphatic heterocycles. The largest absolute Gasteiger partial charge is 0.0915 e. The van der Waals surface area contributed by atoms with Crippen molar-refractivity contribution in [2.45, 2.75) is 34.6 Å². The molecule has 0 unspecified atom stereocenters. The smallest absolute Gasteiger partial charge is 0.0198 e. The monoisotopic (exact) mass is 226 g/mol. The maximum absolute atomic E-state index is 4.14. The second kappa shape index (κ2) is 5.67. The van der Waals surface area contributed by atoms with Gasteiger partial charge in [0.05, 0.1) is 0 Å². The summed E-state index contributed by atoms with van der Waals surface area (Å²) in [4.78, 5) is 0. The molecule has 0 radical (unpaired) electrons. The van der Waals surface area contributed by atoms with Crippen molar-refractivity contribution >= 4 is 5.57 Å². The predicted molar refractivity (Wildman–Crippen MR) is 78.0 cm³/mol. The lowest BCUT2D eigenvalue weighted by Gasteiger charge is -2.08. The van der Waals surface area contributed by atoms with Gasteiger partial charge in [0.25, 0.3) is 0 Å². The maximum atomic E-state index is 4.14. The Balaban J connectivity index is 3.07. The molecule has 17 heavy (non-hydrogen) atoms. The number of rotatable bonds is 3. The summed E-state index contributed by atoms with van der Waals surface area (Å²) in [6.45, 7) is 14.8. The molecule has 0 saturated carbocycles.